The minimum atomic E-state index is -3.67. The van der Waals surface area contributed by atoms with Gasteiger partial charge >= 0.3 is 13.3 Å². The number of hydrogen-bond donors (Lipinski definition) is 1. The summed E-state index contributed by atoms with van der Waals surface area (Å²) in [5.74, 6) is 0.415. The average Bonchev–Trinajstić information content (AvgIpc) is 3.02. The molecule has 0 spiro atoms. The predicted molar refractivity (Wildman–Crippen MR) is 182 cm³/mol. The molecule has 256 valence electrons. The van der Waals surface area contributed by atoms with E-state index in [0.29, 0.717) is 24.5 Å². The number of aromatic nitrogens is 2. The first-order valence-corrected chi connectivity index (χ1v) is 19.0. The number of nitrogens with zero attached hydrogens (tertiary/aromatic N) is 1. The highest BCUT2D eigenvalue weighted by atomic mass is 31.2. The normalized spacial score (nSPS) is 13.5. The molecule has 0 bridgehead atoms. The molecule has 0 saturated carbocycles. The van der Waals surface area contributed by atoms with Crippen molar-refractivity contribution >= 4 is 7.60 Å². The highest BCUT2D eigenvalue weighted by Gasteiger charge is 2.28. The van der Waals surface area contributed by atoms with Crippen LogP contribution in [0.2, 0.25) is 0 Å². The summed E-state index contributed by atoms with van der Waals surface area (Å²) in [6, 6.07) is 8.82. The minimum absolute atomic E-state index is 0.110. The topological polar surface area (TPSA) is 109 Å². The zero-order valence-electron chi connectivity index (χ0n) is 28.1. The number of unbranched alkanes of at least 4 members (excludes halogenated alkanes) is 15. The summed E-state index contributed by atoms with van der Waals surface area (Å²) in [5, 5.41) is 0. The van der Waals surface area contributed by atoms with E-state index in [1.54, 1.807) is 38.1 Å². The lowest BCUT2D eigenvalue weighted by Crippen LogP contribution is -2.34. The third-order valence-electron chi connectivity index (χ3n) is 7.81. The zero-order chi connectivity index (χ0) is 32.6. The molecule has 0 aliphatic rings. The fourth-order valence-corrected chi connectivity index (χ4v) is 6.54. The number of hydrogen-bond acceptors (Lipinski definition) is 7. The number of para-hydroxylation sites is 1. The highest BCUT2D eigenvalue weighted by molar-refractivity contribution is 7.54. The molecule has 0 amide bonds. The van der Waals surface area contributed by atoms with Crippen LogP contribution < -0.4 is 15.8 Å². The molecule has 0 aliphatic heterocycles. The van der Waals surface area contributed by atoms with Crippen molar-refractivity contribution < 1.29 is 23.1 Å². The van der Waals surface area contributed by atoms with Gasteiger partial charge in [-0.1, -0.05) is 121 Å². The monoisotopic (exact) mass is 650 g/mol. The molecule has 1 N–H and O–H groups in total. The lowest BCUT2D eigenvalue weighted by atomic mass is 10.0. The van der Waals surface area contributed by atoms with Crippen molar-refractivity contribution in [3.05, 3.63) is 62.9 Å². The van der Waals surface area contributed by atoms with Crippen molar-refractivity contribution in [1.82, 2.24) is 9.55 Å². The lowest BCUT2D eigenvalue weighted by molar-refractivity contribution is 0.0612. The Morgan fingerprint density at radius 2 is 1.33 bits per heavy atom. The van der Waals surface area contributed by atoms with Gasteiger partial charge < -0.3 is 14.0 Å². The maximum absolute atomic E-state index is 13.6. The number of ether oxygens (including phenoxy) is 2. The first-order chi connectivity index (χ1) is 21.8. The van der Waals surface area contributed by atoms with Gasteiger partial charge in [0.25, 0.3) is 5.56 Å². The van der Waals surface area contributed by atoms with Crippen LogP contribution in [0.4, 0.5) is 0 Å². The van der Waals surface area contributed by atoms with E-state index in [2.05, 4.69) is 11.9 Å². The van der Waals surface area contributed by atoms with E-state index in [-0.39, 0.29) is 19.5 Å². The molecule has 2 atom stereocenters. The van der Waals surface area contributed by atoms with Crippen LogP contribution in [-0.2, 0) is 25.1 Å². The van der Waals surface area contributed by atoms with Crippen molar-refractivity contribution in [2.45, 2.75) is 136 Å². The second kappa shape index (κ2) is 24.0. The molecule has 1 aromatic heterocycles. The summed E-state index contributed by atoms with van der Waals surface area (Å²) in [4.78, 5) is 26.0. The van der Waals surface area contributed by atoms with Crippen molar-refractivity contribution in [2.75, 3.05) is 26.2 Å². The average molecular weight is 651 g/mol. The van der Waals surface area contributed by atoms with Crippen LogP contribution in [0.25, 0.3) is 0 Å². The van der Waals surface area contributed by atoms with Crippen molar-refractivity contribution in [2.24, 2.45) is 0 Å². The van der Waals surface area contributed by atoms with Gasteiger partial charge in [0.1, 0.15) is 5.75 Å². The second-order valence-electron chi connectivity index (χ2n) is 12.1. The molecule has 9 nitrogen and oxygen atoms in total. The van der Waals surface area contributed by atoms with Gasteiger partial charge in [0.15, 0.2) is 6.35 Å². The van der Waals surface area contributed by atoms with Crippen molar-refractivity contribution in [1.29, 1.82) is 0 Å². The Bertz CT molecular complexity index is 1180. The Kier molecular flexibility index (Phi) is 20.8. The molecular weight excluding hydrogens is 591 g/mol. The summed E-state index contributed by atoms with van der Waals surface area (Å²) in [6.45, 7) is 6.88. The fraction of sp³-hybridized carbons (Fsp3) is 0.714. The number of aromatic amines is 1. The number of nitrogens with one attached hydrogen (secondary N) is 1. The lowest BCUT2D eigenvalue weighted by Gasteiger charge is -2.22. The Hall–Kier alpha value is -2.19. The molecule has 0 fully saturated rings. The third-order valence-corrected chi connectivity index (χ3v) is 9.34. The van der Waals surface area contributed by atoms with Gasteiger partial charge in [-0.3, -0.25) is 18.9 Å². The Morgan fingerprint density at radius 1 is 0.778 bits per heavy atom. The Balaban J connectivity index is 1.56. The van der Waals surface area contributed by atoms with E-state index >= 15 is 0 Å². The second-order valence-corrected chi connectivity index (χ2v) is 14.0. The molecule has 2 unspecified atom stereocenters. The summed E-state index contributed by atoms with van der Waals surface area (Å²) in [7, 11) is -3.67. The van der Waals surface area contributed by atoms with Crippen LogP contribution in [0.1, 0.15) is 122 Å². The quantitative estimate of drug-likeness (QED) is 0.0724. The molecule has 45 heavy (non-hydrogen) atoms. The molecular formula is C35H59N2O7P. The van der Waals surface area contributed by atoms with E-state index in [4.69, 9.17) is 18.5 Å². The van der Waals surface area contributed by atoms with Gasteiger partial charge in [-0.2, -0.15) is 0 Å². The SMILES string of the molecule is CCCCCCCCCCCCCCCCCCOCCOP(=O)(COC(C)Cn1cc(C)c(=O)[nH]c1=O)Oc1ccccc1. The summed E-state index contributed by atoms with van der Waals surface area (Å²) >= 11 is 0. The molecule has 0 radical (unpaired) electrons. The van der Waals surface area contributed by atoms with Gasteiger partial charge in [0.2, 0.25) is 0 Å². The number of rotatable bonds is 28. The van der Waals surface area contributed by atoms with Crippen molar-refractivity contribution in [3.63, 3.8) is 0 Å². The van der Waals surface area contributed by atoms with Crippen LogP contribution in [0, 0.1) is 6.92 Å². The molecule has 2 rings (SSSR count). The van der Waals surface area contributed by atoms with E-state index in [1.807, 2.05) is 6.07 Å². The smallest absolute Gasteiger partial charge is 0.404 e. The highest BCUT2D eigenvalue weighted by Crippen LogP contribution is 2.48. The number of aryl methyl sites for hydroxylation is 1. The van der Waals surface area contributed by atoms with Crippen LogP contribution in [0.5, 0.6) is 5.75 Å². The minimum Gasteiger partial charge on any atom is -0.423 e. The fourth-order valence-electron chi connectivity index (χ4n) is 5.12. The third kappa shape index (κ3) is 18.5. The van der Waals surface area contributed by atoms with Gasteiger partial charge in [0, 0.05) is 18.4 Å². The molecule has 1 aromatic carbocycles. The molecule has 0 saturated heterocycles. The van der Waals surface area contributed by atoms with Crippen molar-refractivity contribution in [3.8, 4) is 5.75 Å². The number of H-pyrrole nitrogens is 1. The summed E-state index contributed by atoms with van der Waals surface area (Å²) in [6.07, 6.45) is 22.0. The first-order valence-electron chi connectivity index (χ1n) is 17.3. The number of benzene rings is 1. The zero-order valence-corrected chi connectivity index (χ0v) is 29.0. The maximum Gasteiger partial charge on any atom is 0.404 e. The molecule has 0 aliphatic carbocycles. The summed E-state index contributed by atoms with van der Waals surface area (Å²) < 4.78 is 37.9. The van der Waals surface area contributed by atoms with Gasteiger partial charge in [-0.05, 0) is 32.4 Å². The van der Waals surface area contributed by atoms with E-state index in [1.165, 1.54) is 101 Å². The largest absolute Gasteiger partial charge is 0.423 e. The molecule has 2 aromatic rings. The van der Waals surface area contributed by atoms with E-state index in [9.17, 15) is 14.2 Å². The van der Waals surface area contributed by atoms with E-state index in [0.717, 1.165) is 12.8 Å². The molecule has 1 heterocycles. The van der Waals surface area contributed by atoms with Crippen LogP contribution >= 0.6 is 7.60 Å². The Morgan fingerprint density at radius 3 is 1.91 bits per heavy atom. The summed E-state index contributed by atoms with van der Waals surface area (Å²) in [5.41, 5.74) is -0.527. The van der Waals surface area contributed by atoms with Crippen LogP contribution in [0.3, 0.4) is 0 Å². The Labute approximate surface area is 271 Å². The van der Waals surface area contributed by atoms with Crippen LogP contribution in [0.15, 0.2) is 46.1 Å². The van der Waals surface area contributed by atoms with Gasteiger partial charge in [-0.25, -0.2) is 9.36 Å². The van der Waals surface area contributed by atoms with Gasteiger partial charge in [0.05, 0.1) is 25.9 Å². The van der Waals surface area contributed by atoms with Crippen LogP contribution in [-0.4, -0.2) is 41.8 Å². The molecule has 10 heteroatoms. The predicted octanol–water partition coefficient (Wildman–Crippen LogP) is 8.77. The standard InChI is InChI=1S/C35H59N2O7P/c1-4-5-6-7-8-9-10-11-12-13-14-15-16-17-18-22-25-41-26-27-43-45(40,44-33-23-20-19-21-24-33)30-42-32(3)29-37-28-31(2)34(38)36-35(37)39/h19-21,23-24,28,32H,4-18,22,25-27,29-30H2,1-3H3,(H,36,38,39). The maximum atomic E-state index is 13.6. The first kappa shape index (κ1) is 39.0. The van der Waals surface area contributed by atoms with E-state index < -0.39 is 24.9 Å². The van der Waals surface area contributed by atoms with Gasteiger partial charge in [-0.15, -0.1) is 0 Å².